The number of benzene rings is 2. The summed E-state index contributed by atoms with van der Waals surface area (Å²) >= 11 is 0. The Balaban J connectivity index is 1.10. The summed E-state index contributed by atoms with van der Waals surface area (Å²) in [5.74, 6) is -0.526. The number of fused-ring (bicyclic) bond motifs is 3. The van der Waals surface area contributed by atoms with Gasteiger partial charge in [0.05, 0.1) is 29.9 Å². The summed E-state index contributed by atoms with van der Waals surface area (Å²) in [5.41, 5.74) is 7.18. The third kappa shape index (κ3) is 3.85. The number of nitrogens with zero attached hydrogens (tertiary/aromatic N) is 2. The quantitative estimate of drug-likeness (QED) is 0.671. The van der Waals surface area contributed by atoms with Gasteiger partial charge in [-0.3, -0.25) is 9.80 Å². The van der Waals surface area contributed by atoms with Crippen LogP contribution in [0.4, 0.5) is 0 Å². The van der Waals surface area contributed by atoms with E-state index in [-0.39, 0.29) is 30.7 Å². The smallest absolute Gasteiger partial charge is 0.338 e. The van der Waals surface area contributed by atoms with Crippen LogP contribution in [0.1, 0.15) is 66.3 Å². The number of hydrogen-bond acceptors (Lipinski definition) is 8. The molecule has 184 valence electrons. The zero-order valence-corrected chi connectivity index (χ0v) is 20.1. The van der Waals surface area contributed by atoms with Gasteiger partial charge >= 0.3 is 11.9 Å². The Bertz CT molecular complexity index is 1210. The Hall–Kier alpha value is -2.78. The van der Waals surface area contributed by atoms with Crippen molar-refractivity contribution in [3.05, 3.63) is 68.8 Å². The molecule has 2 aromatic rings. The number of esters is 2. The minimum Gasteiger partial charge on any atom is -0.457 e. The van der Waals surface area contributed by atoms with Gasteiger partial charge in [-0.1, -0.05) is 12.1 Å². The molecule has 3 atom stereocenters. The predicted molar refractivity (Wildman–Crippen MR) is 126 cm³/mol. The molecular weight excluding hydrogens is 448 g/mol. The molecule has 2 aromatic carbocycles. The number of ether oxygens (including phenoxy) is 3. The van der Waals surface area contributed by atoms with Crippen molar-refractivity contribution in [3.8, 4) is 0 Å². The van der Waals surface area contributed by atoms with E-state index in [0.717, 1.165) is 59.6 Å². The van der Waals surface area contributed by atoms with E-state index in [1.807, 2.05) is 32.0 Å². The summed E-state index contributed by atoms with van der Waals surface area (Å²) in [5, 5.41) is 11.0. The molecule has 0 spiro atoms. The number of aliphatic hydroxyl groups is 1. The molecule has 0 radical (unpaired) electrons. The Labute approximate surface area is 204 Å². The lowest BCUT2D eigenvalue weighted by atomic mass is 9.93. The first-order valence-corrected chi connectivity index (χ1v) is 12.3. The average molecular weight is 479 g/mol. The van der Waals surface area contributed by atoms with E-state index in [0.29, 0.717) is 30.9 Å². The lowest BCUT2D eigenvalue weighted by molar-refractivity contribution is -0.0939. The molecule has 4 aliphatic heterocycles. The van der Waals surface area contributed by atoms with Crippen molar-refractivity contribution in [3.63, 3.8) is 0 Å². The van der Waals surface area contributed by atoms with Gasteiger partial charge in [-0.15, -0.1) is 0 Å². The van der Waals surface area contributed by atoms with E-state index in [9.17, 15) is 14.7 Å². The van der Waals surface area contributed by atoms with Crippen LogP contribution in [-0.4, -0.2) is 72.2 Å². The molecule has 0 amide bonds. The van der Waals surface area contributed by atoms with Crippen LogP contribution in [0.25, 0.3) is 0 Å². The summed E-state index contributed by atoms with van der Waals surface area (Å²) in [6, 6.07) is 7.78. The zero-order chi connectivity index (χ0) is 24.3. The number of morpholine rings is 1. The molecule has 4 heterocycles. The molecular formula is C27H30N2O6. The highest BCUT2D eigenvalue weighted by molar-refractivity contribution is 5.94. The van der Waals surface area contributed by atoms with E-state index >= 15 is 0 Å². The minimum absolute atomic E-state index is 0.0246. The number of carbonyl (C=O) groups is 2. The van der Waals surface area contributed by atoms with Crippen molar-refractivity contribution in [1.29, 1.82) is 0 Å². The van der Waals surface area contributed by atoms with Crippen LogP contribution in [0.2, 0.25) is 0 Å². The third-order valence-corrected chi connectivity index (χ3v) is 8.13. The topological polar surface area (TPSA) is 88.5 Å². The molecule has 6 rings (SSSR count). The summed E-state index contributed by atoms with van der Waals surface area (Å²) < 4.78 is 16.7. The fourth-order valence-corrected chi connectivity index (χ4v) is 5.99. The summed E-state index contributed by atoms with van der Waals surface area (Å²) in [4.78, 5) is 28.5. The molecule has 1 N–H and O–H groups in total. The van der Waals surface area contributed by atoms with Crippen molar-refractivity contribution in [2.24, 2.45) is 0 Å². The van der Waals surface area contributed by atoms with Gasteiger partial charge in [-0.25, -0.2) is 9.59 Å². The largest absolute Gasteiger partial charge is 0.457 e. The van der Waals surface area contributed by atoms with Gasteiger partial charge in [-0.2, -0.15) is 0 Å². The number of rotatable bonds is 4. The molecule has 0 saturated carbocycles. The van der Waals surface area contributed by atoms with Crippen molar-refractivity contribution in [2.45, 2.75) is 45.3 Å². The number of β-amino-alcohol motifs (C(OH)–C–C–N with tert-alkyl or cyclic N) is 1. The van der Waals surface area contributed by atoms with Crippen LogP contribution in [0.5, 0.6) is 0 Å². The van der Waals surface area contributed by atoms with Gasteiger partial charge in [0.1, 0.15) is 13.2 Å². The molecule has 2 fully saturated rings. The second-order valence-corrected chi connectivity index (χ2v) is 10.0. The maximum atomic E-state index is 11.9. The lowest BCUT2D eigenvalue weighted by Crippen LogP contribution is -2.58. The van der Waals surface area contributed by atoms with Crippen molar-refractivity contribution in [2.75, 3.05) is 39.3 Å². The molecule has 8 heteroatoms. The molecule has 4 aliphatic rings. The fourth-order valence-electron chi connectivity index (χ4n) is 5.99. The van der Waals surface area contributed by atoms with Gasteiger partial charge in [0, 0.05) is 49.9 Å². The van der Waals surface area contributed by atoms with E-state index in [4.69, 9.17) is 14.2 Å². The highest BCUT2D eigenvalue weighted by Gasteiger charge is 2.36. The highest BCUT2D eigenvalue weighted by Crippen LogP contribution is 2.34. The van der Waals surface area contributed by atoms with Crippen LogP contribution in [0, 0.1) is 13.8 Å². The van der Waals surface area contributed by atoms with Gasteiger partial charge in [0.2, 0.25) is 0 Å². The first kappa shape index (κ1) is 22.7. The summed E-state index contributed by atoms with van der Waals surface area (Å²) in [6.07, 6.45) is -0.651. The molecule has 0 aliphatic carbocycles. The lowest BCUT2D eigenvalue weighted by Gasteiger charge is -2.46. The summed E-state index contributed by atoms with van der Waals surface area (Å²) in [6.45, 7) is 9.23. The third-order valence-electron chi connectivity index (χ3n) is 8.13. The van der Waals surface area contributed by atoms with E-state index < -0.39 is 6.10 Å². The zero-order valence-electron chi connectivity index (χ0n) is 20.1. The SMILES string of the molecule is Cc1c([C@@H]2CN3CCN(C[C@H](O)c4ccc5c(c4C)COC5=O)C[C@H]3CO2)ccc2c1COC2=O. The van der Waals surface area contributed by atoms with Crippen LogP contribution in [-0.2, 0) is 27.4 Å². The second-order valence-electron chi connectivity index (χ2n) is 10.0. The van der Waals surface area contributed by atoms with Crippen LogP contribution < -0.4 is 0 Å². The molecule has 8 nitrogen and oxygen atoms in total. The number of aliphatic hydroxyl groups excluding tert-OH is 1. The van der Waals surface area contributed by atoms with Crippen LogP contribution >= 0.6 is 0 Å². The standard InChI is InChI=1S/C27H30N2O6/c1-15-18(3-5-20-22(15)13-34-26(20)31)24(30)10-28-7-8-29-11-25(33-12-17(29)9-28)19-4-6-21-23(16(19)2)14-35-27(21)32/h3-6,17,24-25,30H,7-14H2,1-2H3/t17-,24-,25-/m0/s1. The van der Waals surface area contributed by atoms with Crippen LogP contribution in [0.3, 0.4) is 0 Å². The van der Waals surface area contributed by atoms with E-state index in [1.54, 1.807) is 6.07 Å². The van der Waals surface area contributed by atoms with Gasteiger partial charge in [0.15, 0.2) is 0 Å². The minimum atomic E-state index is -0.626. The van der Waals surface area contributed by atoms with E-state index in [2.05, 4.69) is 9.80 Å². The molecule has 35 heavy (non-hydrogen) atoms. The normalized spacial score (nSPS) is 25.0. The van der Waals surface area contributed by atoms with Crippen LogP contribution in [0.15, 0.2) is 24.3 Å². The molecule has 0 bridgehead atoms. The predicted octanol–water partition coefficient (Wildman–Crippen LogP) is 2.44. The Kier molecular flexibility index (Phi) is 5.64. The van der Waals surface area contributed by atoms with Crippen molar-refractivity contribution < 1.29 is 28.9 Å². The van der Waals surface area contributed by atoms with Crippen molar-refractivity contribution >= 4 is 11.9 Å². The fraction of sp³-hybridized carbons (Fsp3) is 0.481. The maximum absolute atomic E-state index is 11.9. The highest BCUT2D eigenvalue weighted by atomic mass is 16.5. The Morgan fingerprint density at radius 2 is 1.63 bits per heavy atom. The molecule has 0 aromatic heterocycles. The molecule has 0 unspecified atom stereocenters. The van der Waals surface area contributed by atoms with Gasteiger partial charge in [0.25, 0.3) is 0 Å². The number of carbonyl (C=O) groups excluding carboxylic acids is 2. The Morgan fingerprint density at radius 3 is 2.37 bits per heavy atom. The van der Waals surface area contributed by atoms with E-state index in [1.165, 1.54) is 0 Å². The second kappa shape index (κ2) is 8.71. The number of cyclic esters (lactones) is 2. The summed E-state index contributed by atoms with van der Waals surface area (Å²) in [7, 11) is 0. The van der Waals surface area contributed by atoms with Gasteiger partial charge in [-0.05, 0) is 48.2 Å². The number of hydrogen-bond donors (Lipinski definition) is 1. The monoisotopic (exact) mass is 478 g/mol. The number of piperazine rings is 1. The first-order chi connectivity index (χ1) is 16.9. The Morgan fingerprint density at radius 1 is 0.943 bits per heavy atom. The average Bonchev–Trinajstić information content (AvgIpc) is 3.43. The van der Waals surface area contributed by atoms with Crippen molar-refractivity contribution in [1.82, 2.24) is 9.80 Å². The molecule has 2 saturated heterocycles. The van der Waals surface area contributed by atoms with Gasteiger partial charge < -0.3 is 19.3 Å². The maximum Gasteiger partial charge on any atom is 0.338 e. The first-order valence-electron chi connectivity index (χ1n) is 12.3.